The standard InChI is InChI=1S/C12H22N2O2/c1-14-8-7-11(12(14)15)13-9-3-5-10(16-2)6-4-9/h9-11,13H,3-8H2,1-2H3. The Kier molecular flexibility index (Phi) is 3.82. The Hall–Kier alpha value is -0.610. The Morgan fingerprint density at radius 2 is 1.94 bits per heavy atom. The van der Waals surface area contributed by atoms with E-state index in [2.05, 4.69) is 5.32 Å². The van der Waals surface area contributed by atoms with Gasteiger partial charge in [-0.2, -0.15) is 0 Å². The Balaban J connectivity index is 1.77. The van der Waals surface area contributed by atoms with Crippen molar-refractivity contribution in [1.82, 2.24) is 10.2 Å². The molecule has 0 aromatic carbocycles. The van der Waals surface area contributed by atoms with Gasteiger partial charge in [0, 0.05) is 26.7 Å². The second-order valence-electron chi connectivity index (χ2n) is 4.98. The van der Waals surface area contributed by atoms with Gasteiger partial charge in [0.2, 0.25) is 5.91 Å². The molecule has 1 atom stereocenters. The molecule has 4 nitrogen and oxygen atoms in total. The number of likely N-dealkylation sites (tertiary alicyclic amines) is 1. The van der Waals surface area contributed by atoms with E-state index in [1.165, 1.54) is 0 Å². The summed E-state index contributed by atoms with van der Waals surface area (Å²) in [6.07, 6.45) is 5.88. The number of hydrogen-bond acceptors (Lipinski definition) is 3. The van der Waals surface area contributed by atoms with E-state index in [9.17, 15) is 4.79 Å². The topological polar surface area (TPSA) is 41.6 Å². The summed E-state index contributed by atoms with van der Waals surface area (Å²) in [5.41, 5.74) is 0. The molecule has 92 valence electrons. The van der Waals surface area contributed by atoms with Crippen LogP contribution in [0.5, 0.6) is 0 Å². The largest absolute Gasteiger partial charge is 0.381 e. The molecule has 2 aliphatic rings. The predicted octanol–water partition coefficient (Wildman–Crippen LogP) is 0.764. The number of nitrogens with zero attached hydrogens (tertiary/aromatic N) is 1. The van der Waals surface area contributed by atoms with Gasteiger partial charge in [0.1, 0.15) is 0 Å². The van der Waals surface area contributed by atoms with Crippen LogP contribution >= 0.6 is 0 Å². The van der Waals surface area contributed by atoms with E-state index in [1.807, 2.05) is 11.9 Å². The number of amides is 1. The smallest absolute Gasteiger partial charge is 0.239 e. The highest BCUT2D eigenvalue weighted by Gasteiger charge is 2.31. The van der Waals surface area contributed by atoms with E-state index in [1.54, 1.807) is 7.11 Å². The molecule has 2 fully saturated rings. The quantitative estimate of drug-likeness (QED) is 0.772. The Morgan fingerprint density at radius 1 is 1.25 bits per heavy atom. The molecule has 1 amide bonds. The lowest BCUT2D eigenvalue weighted by Crippen LogP contribution is -2.45. The fourth-order valence-electron chi connectivity index (χ4n) is 2.73. The fourth-order valence-corrected chi connectivity index (χ4v) is 2.73. The van der Waals surface area contributed by atoms with Crippen LogP contribution in [0.15, 0.2) is 0 Å². The lowest BCUT2D eigenvalue weighted by molar-refractivity contribution is -0.128. The third kappa shape index (κ3) is 2.55. The van der Waals surface area contributed by atoms with Crippen molar-refractivity contribution in [3.63, 3.8) is 0 Å². The number of nitrogens with one attached hydrogen (secondary N) is 1. The maximum Gasteiger partial charge on any atom is 0.239 e. The number of hydrogen-bond donors (Lipinski definition) is 1. The zero-order chi connectivity index (χ0) is 11.5. The van der Waals surface area contributed by atoms with Gasteiger partial charge in [0.15, 0.2) is 0 Å². The molecule has 1 saturated carbocycles. The molecule has 1 unspecified atom stereocenters. The molecule has 1 heterocycles. The van der Waals surface area contributed by atoms with Gasteiger partial charge in [-0.3, -0.25) is 4.79 Å². The molecule has 16 heavy (non-hydrogen) atoms. The van der Waals surface area contributed by atoms with E-state index < -0.39 is 0 Å². The molecule has 0 aromatic rings. The highest BCUT2D eigenvalue weighted by Crippen LogP contribution is 2.22. The van der Waals surface area contributed by atoms with Crippen molar-refractivity contribution in [3.05, 3.63) is 0 Å². The van der Waals surface area contributed by atoms with Crippen LogP contribution in [0.25, 0.3) is 0 Å². The molecule has 0 bridgehead atoms. The zero-order valence-electron chi connectivity index (χ0n) is 10.2. The molecule has 0 radical (unpaired) electrons. The molecule has 1 aliphatic carbocycles. The van der Waals surface area contributed by atoms with Crippen LogP contribution in [0.3, 0.4) is 0 Å². The second kappa shape index (κ2) is 5.15. The van der Waals surface area contributed by atoms with Gasteiger partial charge < -0.3 is 15.0 Å². The minimum atomic E-state index is 0.0640. The first-order chi connectivity index (χ1) is 7.70. The van der Waals surface area contributed by atoms with E-state index in [0.29, 0.717) is 12.1 Å². The van der Waals surface area contributed by atoms with Crippen molar-refractivity contribution < 1.29 is 9.53 Å². The first-order valence-corrected chi connectivity index (χ1v) is 6.24. The Labute approximate surface area is 97.3 Å². The van der Waals surface area contributed by atoms with Crippen LogP contribution in [-0.4, -0.2) is 49.7 Å². The van der Waals surface area contributed by atoms with Gasteiger partial charge in [-0.15, -0.1) is 0 Å². The summed E-state index contributed by atoms with van der Waals surface area (Å²) in [5, 5.41) is 3.50. The molecular formula is C12H22N2O2. The molecule has 0 spiro atoms. The number of likely N-dealkylation sites (N-methyl/N-ethyl adjacent to an activating group) is 1. The van der Waals surface area contributed by atoms with Crippen molar-refractivity contribution in [2.24, 2.45) is 0 Å². The number of carbonyl (C=O) groups is 1. The fraction of sp³-hybridized carbons (Fsp3) is 0.917. The van der Waals surface area contributed by atoms with Crippen LogP contribution < -0.4 is 5.32 Å². The van der Waals surface area contributed by atoms with Crippen molar-refractivity contribution in [2.75, 3.05) is 20.7 Å². The van der Waals surface area contributed by atoms with Crippen molar-refractivity contribution >= 4 is 5.91 Å². The summed E-state index contributed by atoms with van der Waals surface area (Å²) in [5.74, 6) is 0.258. The minimum Gasteiger partial charge on any atom is -0.381 e. The average Bonchev–Trinajstić information content (AvgIpc) is 2.62. The third-order valence-corrected chi connectivity index (χ3v) is 3.87. The van der Waals surface area contributed by atoms with E-state index in [0.717, 1.165) is 38.6 Å². The molecule has 2 rings (SSSR count). The van der Waals surface area contributed by atoms with Gasteiger partial charge in [0.05, 0.1) is 12.1 Å². The van der Waals surface area contributed by atoms with Crippen LogP contribution in [0.2, 0.25) is 0 Å². The van der Waals surface area contributed by atoms with Gasteiger partial charge >= 0.3 is 0 Å². The molecule has 1 saturated heterocycles. The molecule has 4 heteroatoms. The summed E-state index contributed by atoms with van der Waals surface area (Å²) >= 11 is 0. The van der Waals surface area contributed by atoms with Crippen LogP contribution in [-0.2, 0) is 9.53 Å². The number of rotatable bonds is 3. The van der Waals surface area contributed by atoms with E-state index in [-0.39, 0.29) is 11.9 Å². The average molecular weight is 226 g/mol. The van der Waals surface area contributed by atoms with Crippen LogP contribution in [0, 0.1) is 0 Å². The van der Waals surface area contributed by atoms with Crippen molar-refractivity contribution in [3.8, 4) is 0 Å². The SMILES string of the molecule is COC1CCC(NC2CCN(C)C2=O)CC1. The minimum absolute atomic E-state index is 0.0640. The molecule has 0 aromatic heterocycles. The summed E-state index contributed by atoms with van der Waals surface area (Å²) in [7, 11) is 3.67. The number of carbonyl (C=O) groups excluding carboxylic acids is 1. The van der Waals surface area contributed by atoms with E-state index >= 15 is 0 Å². The first kappa shape index (κ1) is 11.9. The van der Waals surface area contributed by atoms with Gasteiger partial charge in [-0.05, 0) is 32.1 Å². The lowest BCUT2D eigenvalue weighted by atomic mass is 9.92. The molecular weight excluding hydrogens is 204 g/mol. The highest BCUT2D eigenvalue weighted by molar-refractivity contribution is 5.83. The maximum atomic E-state index is 11.7. The number of methoxy groups -OCH3 is 1. The highest BCUT2D eigenvalue weighted by atomic mass is 16.5. The summed E-state index contributed by atoms with van der Waals surface area (Å²) in [6.45, 7) is 0.893. The molecule has 1 N–H and O–H groups in total. The zero-order valence-corrected chi connectivity index (χ0v) is 10.2. The van der Waals surface area contributed by atoms with E-state index in [4.69, 9.17) is 4.74 Å². The normalized spacial score (nSPS) is 35.8. The summed E-state index contributed by atoms with van der Waals surface area (Å²) in [4.78, 5) is 13.6. The van der Waals surface area contributed by atoms with Crippen LogP contribution in [0.1, 0.15) is 32.1 Å². The number of ether oxygens (including phenoxy) is 1. The summed E-state index contributed by atoms with van der Waals surface area (Å²) in [6, 6.07) is 0.570. The lowest BCUT2D eigenvalue weighted by Gasteiger charge is -2.29. The van der Waals surface area contributed by atoms with Gasteiger partial charge in [-0.1, -0.05) is 0 Å². The Bertz CT molecular complexity index is 249. The Morgan fingerprint density at radius 3 is 2.44 bits per heavy atom. The maximum absolute atomic E-state index is 11.7. The molecule has 1 aliphatic heterocycles. The van der Waals surface area contributed by atoms with Gasteiger partial charge in [0.25, 0.3) is 0 Å². The third-order valence-electron chi connectivity index (χ3n) is 3.87. The first-order valence-electron chi connectivity index (χ1n) is 6.24. The summed E-state index contributed by atoms with van der Waals surface area (Å²) < 4.78 is 5.34. The monoisotopic (exact) mass is 226 g/mol. The van der Waals surface area contributed by atoms with Crippen LogP contribution in [0.4, 0.5) is 0 Å². The van der Waals surface area contributed by atoms with Crippen molar-refractivity contribution in [1.29, 1.82) is 0 Å². The van der Waals surface area contributed by atoms with Gasteiger partial charge in [-0.25, -0.2) is 0 Å². The van der Waals surface area contributed by atoms with Crippen molar-refractivity contribution in [2.45, 2.75) is 50.3 Å². The second-order valence-corrected chi connectivity index (χ2v) is 4.98. The predicted molar refractivity (Wildman–Crippen MR) is 62.2 cm³/mol.